The van der Waals surface area contributed by atoms with Gasteiger partial charge in [0, 0.05) is 11.7 Å². The van der Waals surface area contributed by atoms with E-state index < -0.39 is 0 Å². The molecule has 1 saturated carbocycles. The van der Waals surface area contributed by atoms with Crippen molar-refractivity contribution in [3.8, 4) is 0 Å². The fourth-order valence-corrected chi connectivity index (χ4v) is 3.40. The Hall–Kier alpha value is -1.60. The Labute approximate surface area is 131 Å². The molecule has 0 aliphatic heterocycles. The molecule has 1 heterocycles. The number of hydrogen-bond acceptors (Lipinski definition) is 6. The molecule has 1 aliphatic rings. The molecule has 1 amide bonds. The van der Waals surface area contributed by atoms with Crippen LogP contribution in [0.25, 0.3) is 0 Å². The van der Waals surface area contributed by atoms with Crippen LogP contribution in [0.1, 0.15) is 18.4 Å². The first kappa shape index (κ1) is 14.3. The number of carbonyl (C=O) groups excluding carboxylic acids is 1. The van der Waals surface area contributed by atoms with E-state index in [1.54, 1.807) is 0 Å². The molecule has 0 unspecified atom stereocenters. The van der Waals surface area contributed by atoms with Gasteiger partial charge in [-0.2, -0.15) is 0 Å². The van der Waals surface area contributed by atoms with Crippen LogP contribution in [-0.2, 0) is 4.79 Å². The van der Waals surface area contributed by atoms with Crippen LogP contribution in [0.5, 0.6) is 0 Å². The van der Waals surface area contributed by atoms with Gasteiger partial charge in [0.05, 0.1) is 5.75 Å². The zero-order chi connectivity index (χ0) is 14.7. The minimum absolute atomic E-state index is 0.0301. The highest BCUT2D eigenvalue weighted by molar-refractivity contribution is 8.01. The minimum atomic E-state index is -0.0301. The van der Waals surface area contributed by atoms with E-state index in [0.29, 0.717) is 11.8 Å². The molecular weight excluding hydrogens is 304 g/mol. The van der Waals surface area contributed by atoms with Gasteiger partial charge < -0.3 is 10.6 Å². The molecule has 2 N–H and O–H groups in total. The number of amides is 1. The third kappa shape index (κ3) is 4.44. The number of anilines is 2. The molecule has 1 aliphatic carbocycles. The highest BCUT2D eigenvalue weighted by atomic mass is 32.2. The van der Waals surface area contributed by atoms with Crippen LogP contribution >= 0.6 is 23.1 Å². The highest BCUT2D eigenvalue weighted by Gasteiger charge is 2.22. The van der Waals surface area contributed by atoms with Gasteiger partial charge in [-0.3, -0.25) is 4.79 Å². The Kier molecular flexibility index (Phi) is 4.40. The second-order valence-electron chi connectivity index (χ2n) is 5.00. The lowest BCUT2D eigenvalue weighted by Crippen LogP contribution is -2.13. The molecule has 0 radical (unpaired) electrons. The number of carbonyl (C=O) groups is 1. The summed E-state index contributed by atoms with van der Waals surface area (Å²) >= 11 is 2.91. The third-order valence-electron chi connectivity index (χ3n) is 2.94. The maximum Gasteiger partial charge on any atom is 0.234 e. The van der Waals surface area contributed by atoms with Crippen LogP contribution in [0, 0.1) is 6.92 Å². The Balaban J connectivity index is 1.47. The van der Waals surface area contributed by atoms with Crippen LogP contribution in [0.3, 0.4) is 0 Å². The van der Waals surface area contributed by atoms with Gasteiger partial charge in [0.15, 0.2) is 4.34 Å². The summed E-state index contributed by atoms with van der Waals surface area (Å²) in [6.07, 6.45) is 2.42. The van der Waals surface area contributed by atoms with Crippen molar-refractivity contribution in [2.24, 2.45) is 0 Å². The number of aryl methyl sites for hydroxylation is 1. The number of nitrogens with zero attached hydrogens (tertiary/aromatic N) is 2. The monoisotopic (exact) mass is 320 g/mol. The zero-order valence-corrected chi connectivity index (χ0v) is 13.3. The quantitative estimate of drug-likeness (QED) is 0.800. The summed E-state index contributed by atoms with van der Waals surface area (Å²) in [7, 11) is 0. The lowest BCUT2D eigenvalue weighted by molar-refractivity contribution is -0.113. The SMILES string of the molecule is Cc1cccc(NC(=O)CSc2nnc(NC3CC3)s2)c1. The third-order valence-corrected chi connectivity index (χ3v) is 4.93. The zero-order valence-electron chi connectivity index (χ0n) is 11.6. The number of nitrogens with one attached hydrogen (secondary N) is 2. The molecule has 7 heteroatoms. The standard InChI is InChI=1S/C14H16N4OS2/c1-9-3-2-4-11(7-9)15-12(19)8-20-14-18-17-13(21-14)16-10-5-6-10/h2-4,7,10H,5-6,8H2,1H3,(H,15,19)(H,16,17). The van der Waals surface area contributed by atoms with Crippen molar-refractivity contribution >= 4 is 39.8 Å². The predicted molar refractivity (Wildman–Crippen MR) is 87.1 cm³/mol. The van der Waals surface area contributed by atoms with Crippen molar-refractivity contribution in [1.29, 1.82) is 0 Å². The molecule has 0 bridgehead atoms. The average Bonchev–Trinajstić information content (AvgIpc) is 3.14. The molecule has 0 spiro atoms. The van der Waals surface area contributed by atoms with E-state index in [1.807, 2.05) is 31.2 Å². The van der Waals surface area contributed by atoms with E-state index in [1.165, 1.54) is 35.9 Å². The summed E-state index contributed by atoms with van der Waals surface area (Å²) in [5.74, 6) is 0.309. The molecule has 1 fully saturated rings. The van der Waals surface area contributed by atoms with E-state index >= 15 is 0 Å². The maximum atomic E-state index is 11.9. The first-order valence-corrected chi connectivity index (χ1v) is 8.58. The van der Waals surface area contributed by atoms with E-state index in [0.717, 1.165) is 20.7 Å². The Morgan fingerprint density at radius 3 is 3.05 bits per heavy atom. The van der Waals surface area contributed by atoms with Crippen LogP contribution in [0.2, 0.25) is 0 Å². The predicted octanol–water partition coefficient (Wildman–Crippen LogP) is 3.15. The summed E-state index contributed by atoms with van der Waals surface area (Å²) in [5, 5.41) is 15.2. The molecule has 1 aromatic heterocycles. The van der Waals surface area contributed by atoms with Crippen molar-refractivity contribution in [1.82, 2.24) is 10.2 Å². The molecule has 1 aromatic carbocycles. The van der Waals surface area contributed by atoms with Gasteiger partial charge in [-0.1, -0.05) is 35.2 Å². The number of aromatic nitrogens is 2. The second kappa shape index (κ2) is 6.44. The van der Waals surface area contributed by atoms with E-state index in [4.69, 9.17) is 0 Å². The van der Waals surface area contributed by atoms with E-state index in [2.05, 4.69) is 20.8 Å². The van der Waals surface area contributed by atoms with Crippen LogP contribution < -0.4 is 10.6 Å². The molecule has 2 aromatic rings. The van der Waals surface area contributed by atoms with Crippen LogP contribution in [-0.4, -0.2) is 27.9 Å². The number of thioether (sulfide) groups is 1. The Morgan fingerprint density at radius 2 is 2.29 bits per heavy atom. The fraction of sp³-hybridized carbons (Fsp3) is 0.357. The lowest BCUT2D eigenvalue weighted by Gasteiger charge is -2.04. The van der Waals surface area contributed by atoms with Crippen molar-refractivity contribution in [3.05, 3.63) is 29.8 Å². The molecule has 3 rings (SSSR count). The van der Waals surface area contributed by atoms with Gasteiger partial charge in [-0.25, -0.2) is 0 Å². The van der Waals surface area contributed by atoms with Gasteiger partial charge in [0.1, 0.15) is 0 Å². The van der Waals surface area contributed by atoms with Gasteiger partial charge in [0.25, 0.3) is 0 Å². The van der Waals surface area contributed by atoms with Crippen molar-refractivity contribution in [2.45, 2.75) is 30.1 Å². The largest absolute Gasteiger partial charge is 0.357 e. The average molecular weight is 320 g/mol. The molecule has 0 atom stereocenters. The summed E-state index contributed by atoms with van der Waals surface area (Å²) in [6.45, 7) is 2.00. The smallest absolute Gasteiger partial charge is 0.234 e. The number of benzene rings is 1. The Bertz CT molecular complexity index is 639. The van der Waals surface area contributed by atoms with Gasteiger partial charge in [0.2, 0.25) is 11.0 Å². The molecular formula is C14H16N4OS2. The summed E-state index contributed by atoms with van der Waals surface area (Å²) in [4.78, 5) is 11.9. The van der Waals surface area contributed by atoms with Crippen molar-refractivity contribution in [3.63, 3.8) is 0 Å². The van der Waals surface area contributed by atoms with Crippen molar-refractivity contribution in [2.75, 3.05) is 16.4 Å². The Morgan fingerprint density at radius 1 is 1.43 bits per heavy atom. The van der Waals surface area contributed by atoms with E-state index in [9.17, 15) is 4.79 Å². The summed E-state index contributed by atoms with van der Waals surface area (Å²) in [6, 6.07) is 8.34. The fourth-order valence-electron chi connectivity index (χ4n) is 1.78. The van der Waals surface area contributed by atoms with Crippen molar-refractivity contribution < 1.29 is 4.79 Å². The second-order valence-corrected chi connectivity index (χ2v) is 7.20. The van der Waals surface area contributed by atoms with Gasteiger partial charge in [-0.15, -0.1) is 10.2 Å². The molecule has 21 heavy (non-hydrogen) atoms. The number of hydrogen-bond donors (Lipinski definition) is 2. The first-order chi connectivity index (χ1) is 10.2. The highest BCUT2D eigenvalue weighted by Crippen LogP contribution is 2.30. The van der Waals surface area contributed by atoms with E-state index in [-0.39, 0.29) is 5.91 Å². The minimum Gasteiger partial charge on any atom is -0.357 e. The molecule has 0 saturated heterocycles. The van der Waals surface area contributed by atoms with Crippen LogP contribution in [0.4, 0.5) is 10.8 Å². The molecule has 110 valence electrons. The lowest BCUT2D eigenvalue weighted by atomic mass is 10.2. The van der Waals surface area contributed by atoms with Crippen LogP contribution in [0.15, 0.2) is 28.6 Å². The normalized spacial score (nSPS) is 14.0. The molecule has 5 nitrogen and oxygen atoms in total. The maximum absolute atomic E-state index is 11.9. The topological polar surface area (TPSA) is 66.9 Å². The summed E-state index contributed by atoms with van der Waals surface area (Å²) < 4.78 is 0.817. The number of rotatable bonds is 6. The first-order valence-electron chi connectivity index (χ1n) is 6.78. The summed E-state index contributed by atoms with van der Waals surface area (Å²) in [5.41, 5.74) is 1.95. The van der Waals surface area contributed by atoms with Gasteiger partial charge >= 0.3 is 0 Å². The van der Waals surface area contributed by atoms with Gasteiger partial charge in [-0.05, 0) is 37.5 Å².